The van der Waals surface area contributed by atoms with Gasteiger partial charge in [-0.3, -0.25) is 0 Å². The van der Waals surface area contributed by atoms with Crippen LogP contribution in [0.4, 0.5) is 0 Å². The number of unbranched alkanes of at least 4 members (excludes halogenated alkanes) is 4. The highest BCUT2D eigenvalue weighted by Gasteiger charge is 2.23. The maximum atomic E-state index is 10.7. The molecule has 0 saturated carbocycles. The van der Waals surface area contributed by atoms with Gasteiger partial charge in [0.05, 0.1) is 5.75 Å². The zero-order valence-corrected chi connectivity index (χ0v) is 10.1. The van der Waals surface area contributed by atoms with Crippen molar-refractivity contribution in [2.24, 2.45) is 0 Å². The van der Waals surface area contributed by atoms with Crippen LogP contribution in [0.1, 0.15) is 39.0 Å². The summed E-state index contributed by atoms with van der Waals surface area (Å²) in [7, 11) is 0. The van der Waals surface area contributed by atoms with Gasteiger partial charge >= 0.3 is 0 Å². The van der Waals surface area contributed by atoms with Crippen molar-refractivity contribution in [2.75, 3.05) is 18.8 Å². The number of aliphatic carboxylic acids is 1. The molecule has 1 heterocycles. The summed E-state index contributed by atoms with van der Waals surface area (Å²) in [6.45, 7) is 3.93. The second-order valence-electron chi connectivity index (χ2n) is 3.84. The topological polar surface area (TPSA) is 43.1 Å². The predicted molar refractivity (Wildman–Crippen MR) is 61.2 cm³/mol. The van der Waals surface area contributed by atoms with Crippen molar-refractivity contribution in [3.05, 3.63) is 0 Å². The van der Waals surface area contributed by atoms with Crippen LogP contribution >= 0.6 is 11.8 Å². The molecule has 1 rings (SSSR count). The first kappa shape index (κ1) is 12.6. The summed E-state index contributed by atoms with van der Waals surface area (Å²) in [5.74, 6) is -0.121. The Morgan fingerprint density at radius 2 is 2.13 bits per heavy atom. The zero-order chi connectivity index (χ0) is 11.1. The minimum absolute atomic E-state index is 0.436. The van der Waals surface area contributed by atoms with Crippen LogP contribution in [0, 0.1) is 0 Å². The van der Waals surface area contributed by atoms with Crippen molar-refractivity contribution in [1.29, 1.82) is 0 Å². The van der Waals surface area contributed by atoms with E-state index in [0.29, 0.717) is 5.04 Å². The highest BCUT2D eigenvalue weighted by Crippen LogP contribution is 2.12. The predicted octanol–water partition coefficient (Wildman–Crippen LogP) is 0.864. The SMILES string of the molecule is CCCCCCC[N+]1=C(C(=O)[O-])SCC1. The first-order valence-corrected chi connectivity index (χ1v) is 6.70. The summed E-state index contributed by atoms with van der Waals surface area (Å²) in [5.41, 5.74) is 0. The Morgan fingerprint density at radius 1 is 1.40 bits per heavy atom. The molecule has 0 unspecified atom stereocenters. The summed E-state index contributed by atoms with van der Waals surface area (Å²) in [6, 6.07) is 0. The van der Waals surface area contributed by atoms with Gasteiger partial charge in [-0.1, -0.05) is 26.2 Å². The molecule has 4 heteroatoms. The van der Waals surface area contributed by atoms with E-state index in [-0.39, 0.29) is 0 Å². The third kappa shape index (κ3) is 4.24. The van der Waals surface area contributed by atoms with Crippen LogP contribution in [0.3, 0.4) is 0 Å². The first-order chi connectivity index (χ1) is 7.25. The number of nitrogens with zero attached hydrogens (tertiary/aromatic N) is 1. The van der Waals surface area contributed by atoms with Gasteiger partial charge in [0.2, 0.25) is 0 Å². The molecule has 15 heavy (non-hydrogen) atoms. The van der Waals surface area contributed by atoms with Crippen molar-refractivity contribution in [2.45, 2.75) is 39.0 Å². The fourth-order valence-corrected chi connectivity index (χ4v) is 2.74. The molecule has 0 aromatic heterocycles. The van der Waals surface area contributed by atoms with Crippen LogP contribution < -0.4 is 5.11 Å². The smallest absolute Gasteiger partial charge is 0.258 e. The Hall–Kier alpha value is -0.510. The van der Waals surface area contributed by atoms with Crippen molar-refractivity contribution in [1.82, 2.24) is 0 Å². The fourth-order valence-electron chi connectivity index (χ4n) is 1.75. The van der Waals surface area contributed by atoms with Gasteiger partial charge in [0.1, 0.15) is 12.5 Å². The number of carbonyl (C=O) groups is 1. The summed E-state index contributed by atoms with van der Waals surface area (Å²) < 4.78 is 1.95. The average Bonchev–Trinajstić information content (AvgIpc) is 2.66. The molecule has 0 saturated heterocycles. The normalized spacial score (nSPS) is 16.1. The number of rotatable bonds is 7. The van der Waals surface area contributed by atoms with E-state index < -0.39 is 5.97 Å². The maximum absolute atomic E-state index is 10.7. The van der Waals surface area contributed by atoms with E-state index in [0.717, 1.165) is 25.3 Å². The molecule has 0 aromatic rings. The number of hydrogen-bond acceptors (Lipinski definition) is 3. The Morgan fingerprint density at radius 3 is 2.80 bits per heavy atom. The standard InChI is InChI=1S/C11H19NO2S/c1-2-3-4-5-6-7-12-8-9-15-10(12)11(13)14/h2-9H2,1H3. The molecule has 0 aliphatic carbocycles. The zero-order valence-electron chi connectivity index (χ0n) is 9.33. The molecule has 3 nitrogen and oxygen atoms in total. The minimum Gasteiger partial charge on any atom is -0.539 e. The van der Waals surface area contributed by atoms with Gasteiger partial charge in [0.15, 0.2) is 6.54 Å². The van der Waals surface area contributed by atoms with Crippen molar-refractivity contribution in [3.8, 4) is 0 Å². The van der Waals surface area contributed by atoms with E-state index in [1.807, 2.05) is 4.58 Å². The Kier molecular flexibility index (Phi) is 5.76. The third-order valence-electron chi connectivity index (χ3n) is 2.59. The van der Waals surface area contributed by atoms with Gasteiger partial charge in [-0.05, 0) is 18.2 Å². The highest BCUT2D eigenvalue weighted by molar-refractivity contribution is 8.15. The van der Waals surface area contributed by atoms with Crippen molar-refractivity contribution in [3.63, 3.8) is 0 Å². The summed E-state index contributed by atoms with van der Waals surface area (Å²) in [4.78, 5) is 10.7. The molecule has 0 spiro atoms. The van der Waals surface area contributed by atoms with Gasteiger partial charge in [-0.2, -0.15) is 0 Å². The summed E-state index contributed by atoms with van der Waals surface area (Å²) in [6.07, 6.45) is 6.09. The molecule has 0 fully saturated rings. The Bertz CT molecular complexity index is 251. The van der Waals surface area contributed by atoms with Crippen LogP contribution in [0.25, 0.3) is 0 Å². The first-order valence-electron chi connectivity index (χ1n) is 5.71. The lowest BCUT2D eigenvalue weighted by atomic mass is 10.1. The van der Waals surface area contributed by atoms with E-state index in [1.54, 1.807) is 0 Å². The van der Waals surface area contributed by atoms with Crippen LogP contribution in [0.5, 0.6) is 0 Å². The molecule has 0 amide bonds. The lowest BCUT2D eigenvalue weighted by Crippen LogP contribution is -2.34. The molecule has 0 bridgehead atoms. The fraction of sp³-hybridized carbons (Fsp3) is 0.818. The van der Waals surface area contributed by atoms with Crippen molar-refractivity contribution >= 4 is 22.8 Å². The van der Waals surface area contributed by atoms with E-state index in [4.69, 9.17) is 0 Å². The Labute approximate surface area is 95.6 Å². The van der Waals surface area contributed by atoms with Crippen LogP contribution in [0.2, 0.25) is 0 Å². The number of carboxylic acids is 1. The van der Waals surface area contributed by atoms with Crippen LogP contribution in [-0.2, 0) is 4.79 Å². The van der Waals surface area contributed by atoms with Crippen LogP contribution in [-0.4, -0.2) is 34.4 Å². The Balaban J connectivity index is 2.25. The van der Waals surface area contributed by atoms with E-state index in [1.165, 1.54) is 37.4 Å². The van der Waals surface area contributed by atoms with E-state index in [9.17, 15) is 9.90 Å². The molecule has 0 N–H and O–H groups in total. The number of carbonyl (C=O) groups excluding carboxylic acids is 1. The van der Waals surface area contributed by atoms with Gasteiger partial charge in [-0.25, -0.2) is 4.58 Å². The molecule has 0 aromatic carbocycles. The van der Waals surface area contributed by atoms with Gasteiger partial charge in [-0.15, -0.1) is 0 Å². The second kappa shape index (κ2) is 6.88. The molecule has 1 aliphatic heterocycles. The molecule has 1 aliphatic rings. The monoisotopic (exact) mass is 229 g/mol. The lowest BCUT2D eigenvalue weighted by Gasteiger charge is -2.02. The largest absolute Gasteiger partial charge is 0.539 e. The lowest BCUT2D eigenvalue weighted by molar-refractivity contribution is -0.519. The average molecular weight is 229 g/mol. The van der Waals surface area contributed by atoms with Crippen LogP contribution in [0.15, 0.2) is 0 Å². The van der Waals surface area contributed by atoms with Gasteiger partial charge in [0.25, 0.3) is 5.04 Å². The molecular weight excluding hydrogens is 210 g/mol. The number of hydrogen-bond donors (Lipinski definition) is 0. The van der Waals surface area contributed by atoms with Gasteiger partial charge in [0, 0.05) is 6.42 Å². The molecule has 86 valence electrons. The molecule has 0 atom stereocenters. The number of carboxylic acid groups (broad SMARTS) is 1. The number of thioether (sulfide) groups is 1. The quantitative estimate of drug-likeness (QED) is 0.480. The minimum atomic E-state index is -1.01. The summed E-state index contributed by atoms with van der Waals surface area (Å²) in [5, 5.41) is 11.2. The molecule has 0 radical (unpaired) electrons. The second-order valence-corrected chi connectivity index (χ2v) is 4.93. The van der Waals surface area contributed by atoms with E-state index in [2.05, 4.69) is 6.92 Å². The summed E-state index contributed by atoms with van der Waals surface area (Å²) >= 11 is 1.41. The van der Waals surface area contributed by atoms with E-state index >= 15 is 0 Å². The van der Waals surface area contributed by atoms with Crippen molar-refractivity contribution < 1.29 is 14.5 Å². The third-order valence-corrected chi connectivity index (χ3v) is 3.68. The maximum Gasteiger partial charge on any atom is 0.258 e. The van der Waals surface area contributed by atoms with Gasteiger partial charge < -0.3 is 9.90 Å². The molecular formula is C11H19NO2S. The highest BCUT2D eigenvalue weighted by atomic mass is 32.2.